The van der Waals surface area contributed by atoms with Crippen LogP contribution in [0.25, 0.3) is 6.08 Å². The molecule has 0 bridgehead atoms. The molecule has 0 saturated carbocycles. The summed E-state index contributed by atoms with van der Waals surface area (Å²) in [7, 11) is 0. The van der Waals surface area contributed by atoms with Gasteiger partial charge in [0.1, 0.15) is 0 Å². The largest absolute Gasteiger partial charge is 0.411 e. The quantitative estimate of drug-likeness (QED) is 0.467. The van der Waals surface area contributed by atoms with E-state index in [1.54, 1.807) is 37.3 Å². The molecule has 1 aromatic rings. The number of oxime groups is 1. The Kier molecular flexibility index (Phi) is 3.98. The lowest BCUT2D eigenvalue weighted by Crippen LogP contribution is -1.84. The lowest BCUT2D eigenvalue weighted by molar-refractivity contribution is 0.319. The Morgan fingerprint density at radius 1 is 1.36 bits per heavy atom. The van der Waals surface area contributed by atoms with E-state index >= 15 is 0 Å². The molecule has 0 heterocycles. The molecule has 0 radical (unpaired) electrons. The third-order valence-corrected chi connectivity index (χ3v) is 2.31. The van der Waals surface area contributed by atoms with E-state index in [0.29, 0.717) is 15.8 Å². The predicted molar refractivity (Wildman–Crippen MR) is 60.4 cm³/mol. The van der Waals surface area contributed by atoms with Gasteiger partial charge in [-0.1, -0.05) is 40.5 Å². The van der Waals surface area contributed by atoms with Crippen molar-refractivity contribution in [3.63, 3.8) is 0 Å². The van der Waals surface area contributed by atoms with Crippen molar-refractivity contribution in [2.24, 2.45) is 5.16 Å². The minimum Gasteiger partial charge on any atom is -0.411 e. The highest BCUT2D eigenvalue weighted by Crippen LogP contribution is 2.25. The first-order chi connectivity index (χ1) is 6.65. The fourth-order valence-corrected chi connectivity index (χ4v) is 1.43. The molecule has 74 valence electrons. The Balaban J connectivity index is 3.02. The van der Waals surface area contributed by atoms with Crippen LogP contribution in [-0.2, 0) is 0 Å². The molecule has 0 unspecified atom stereocenters. The van der Waals surface area contributed by atoms with Gasteiger partial charge in [-0.25, -0.2) is 0 Å². The SMILES string of the molecule is C/C(C=Cc1c(Cl)cccc1Cl)=N\O. The lowest BCUT2D eigenvalue weighted by atomic mass is 10.2. The normalized spacial score (nSPS) is 12.4. The molecule has 0 aromatic heterocycles. The van der Waals surface area contributed by atoms with Gasteiger partial charge >= 0.3 is 0 Å². The minimum absolute atomic E-state index is 0.487. The second-order valence-corrected chi connectivity index (χ2v) is 3.52. The molecular weight excluding hydrogens is 221 g/mol. The summed E-state index contributed by atoms with van der Waals surface area (Å²) in [5.74, 6) is 0. The van der Waals surface area contributed by atoms with Crippen LogP contribution in [0.2, 0.25) is 10.0 Å². The van der Waals surface area contributed by atoms with E-state index in [-0.39, 0.29) is 0 Å². The van der Waals surface area contributed by atoms with Gasteiger partial charge in [-0.15, -0.1) is 0 Å². The van der Waals surface area contributed by atoms with Crippen LogP contribution in [0.1, 0.15) is 12.5 Å². The Morgan fingerprint density at radius 2 is 1.93 bits per heavy atom. The molecule has 0 amide bonds. The van der Waals surface area contributed by atoms with Crippen LogP contribution in [0.4, 0.5) is 0 Å². The predicted octanol–water partition coefficient (Wildman–Crippen LogP) is 3.86. The highest BCUT2D eigenvalue weighted by molar-refractivity contribution is 6.37. The van der Waals surface area contributed by atoms with Crippen molar-refractivity contribution in [2.75, 3.05) is 0 Å². The van der Waals surface area contributed by atoms with Crippen molar-refractivity contribution in [3.8, 4) is 0 Å². The summed E-state index contributed by atoms with van der Waals surface area (Å²) in [6, 6.07) is 5.27. The second-order valence-electron chi connectivity index (χ2n) is 2.71. The lowest BCUT2D eigenvalue weighted by Gasteiger charge is -1.99. The van der Waals surface area contributed by atoms with E-state index in [0.717, 1.165) is 5.56 Å². The average molecular weight is 230 g/mol. The molecule has 1 N–H and O–H groups in total. The summed E-state index contributed by atoms with van der Waals surface area (Å²) in [5.41, 5.74) is 1.21. The third kappa shape index (κ3) is 2.76. The summed E-state index contributed by atoms with van der Waals surface area (Å²) < 4.78 is 0. The highest BCUT2D eigenvalue weighted by Gasteiger charge is 2.00. The molecule has 0 atom stereocenters. The Hall–Kier alpha value is -0.990. The molecule has 1 rings (SSSR count). The van der Waals surface area contributed by atoms with E-state index in [1.165, 1.54) is 0 Å². The van der Waals surface area contributed by atoms with Gasteiger partial charge in [0, 0.05) is 15.6 Å². The first-order valence-electron chi connectivity index (χ1n) is 3.96. The summed E-state index contributed by atoms with van der Waals surface area (Å²) in [6.45, 7) is 1.67. The zero-order chi connectivity index (χ0) is 10.6. The highest BCUT2D eigenvalue weighted by atomic mass is 35.5. The van der Waals surface area contributed by atoms with Crippen molar-refractivity contribution in [3.05, 3.63) is 39.9 Å². The van der Waals surface area contributed by atoms with E-state index < -0.39 is 0 Å². The fourth-order valence-electron chi connectivity index (χ4n) is 0.907. The Bertz CT molecular complexity index is 365. The number of nitrogens with zero attached hydrogens (tertiary/aromatic N) is 1. The second kappa shape index (κ2) is 5.03. The molecule has 0 saturated heterocycles. The number of hydrogen-bond donors (Lipinski definition) is 1. The Labute approximate surface area is 92.5 Å². The van der Waals surface area contributed by atoms with Crippen molar-refractivity contribution in [2.45, 2.75) is 6.92 Å². The molecule has 0 aliphatic rings. The molecule has 1 aromatic carbocycles. The standard InChI is InChI=1S/C10H9Cl2NO/c1-7(13-14)5-6-8-9(11)3-2-4-10(8)12/h2-6,14H,1H3/b6-5?,13-7+. The van der Waals surface area contributed by atoms with Crippen molar-refractivity contribution < 1.29 is 5.21 Å². The number of hydrogen-bond acceptors (Lipinski definition) is 2. The summed E-state index contributed by atoms with van der Waals surface area (Å²) >= 11 is 11.8. The van der Waals surface area contributed by atoms with Crippen LogP contribution in [0.5, 0.6) is 0 Å². The van der Waals surface area contributed by atoms with Gasteiger partial charge in [0.05, 0.1) is 5.71 Å². The first kappa shape index (κ1) is 11.1. The zero-order valence-corrected chi connectivity index (χ0v) is 9.05. The number of halogens is 2. The number of benzene rings is 1. The molecule has 0 aliphatic heterocycles. The molecule has 14 heavy (non-hydrogen) atoms. The van der Waals surface area contributed by atoms with Crippen molar-refractivity contribution >= 4 is 35.0 Å². The van der Waals surface area contributed by atoms with E-state index in [2.05, 4.69) is 5.16 Å². The maximum Gasteiger partial charge on any atom is 0.0765 e. The maximum atomic E-state index is 8.42. The smallest absolute Gasteiger partial charge is 0.0765 e. The van der Waals surface area contributed by atoms with E-state index in [9.17, 15) is 0 Å². The van der Waals surface area contributed by atoms with Crippen LogP contribution in [0.15, 0.2) is 29.4 Å². The topological polar surface area (TPSA) is 32.6 Å². The van der Waals surface area contributed by atoms with E-state index in [1.807, 2.05) is 0 Å². The third-order valence-electron chi connectivity index (χ3n) is 1.65. The molecule has 0 fully saturated rings. The van der Waals surface area contributed by atoms with Crippen LogP contribution in [-0.4, -0.2) is 10.9 Å². The molecule has 4 heteroatoms. The van der Waals surface area contributed by atoms with Crippen molar-refractivity contribution in [1.82, 2.24) is 0 Å². The van der Waals surface area contributed by atoms with Gasteiger partial charge in [0.15, 0.2) is 0 Å². The first-order valence-corrected chi connectivity index (χ1v) is 4.71. The van der Waals surface area contributed by atoms with Crippen LogP contribution < -0.4 is 0 Å². The molecule has 0 aliphatic carbocycles. The van der Waals surface area contributed by atoms with Gasteiger partial charge in [0.25, 0.3) is 0 Å². The number of rotatable bonds is 2. The minimum atomic E-state index is 0.487. The summed E-state index contributed by atoms with van der Waals surface area (Å²) in [6.07, 6.45) is 3.34. The summed E-state index contributed by atoms with van der Waals surface area (Å²) in [4.78, 5) is 0. The van der Waals surface area contributed by atoms with Gasteiger partial charge in [-0.05, 0) is 25.1 Å². The monoisotopic (exact) mass is 229 g/mol. The number of allylic oxidation sites excluding steroid dienone is 1. The Morgan fingerprint density at radius 3 is 2.43 bits per heavy atom. The molecule has 2 nitrogen and oxygen atoms in total. The van der Waals surface area contributed by atoms with Crippen LogP contribution >= 0.6 is 23.2 Å². The summed E-state index contributed by atoms with van der Waals surface area (Å²) in [5, 5.41) is 12.6. The van der Waals surface area contributed by atoms with Gasteiger partial charge in [-0.2, -0.15) is 0 Å². The zero-order valence-electron chi connectivity index (χ0n) is 7.54. The maximum absolute atomic E-state index is 8.42. The van der Waals surface area contributed by atoms with E-state index in [4.69, 9.17) is 28.4 Å². The van der Waals surface area contributed by atoms with Gasteiger partial charge in [0.2, 0.25) is 0 Å². The van der Waals surface area contributed by atoms with Crippen molar-refractivity contribution in [1.29, 1.82) is 0 Å². The van der Waals surface area contributed by atoms with Gasteiger partial charge in [-0.3, -0.25) is 0 Å². The molecule has 0 spiro atoms. The molecular formula is C10H9Cl2NO. The fraction of sp³-hybridized carbons (Fsp3) is 0.100. The average Bonchev–Trinajstić information content (AvgIpc) is 2.16. The van der Waals surface area contributed by atoms with Gasteiger partial charge < -0.3 is 5.21 Å². The van der Waals surface area contributed by atoms with Crippen LogP contribution in [0.3, 0.4) is 0 Å². The van der Waals surface area contributed by atoms with Crippen LogP contribution in [0, 0.1) is 0 Å².